The van der Waals surface area contributed by atoms with Crippen LogP contribution in [0, 0.1) is 0 Å². The van der Waals surface area contributed by atoms with Crippen LogP contribution in [-0.4, -0.2) is 233 Å². The summed E-state index contributed by atoms with van der Waals surface area (Å²) < 4.78 is 11.0. The summed E-state index contributed by atoms with van der Waals surface area (Å²) in [6.45, 7) is -3.04. The second kappa shape index (κ2) is 53.1. The first kappa shape index (κ1) is 85.7. The Hall–Kier alpha value is -7.34. The van der Waals surface area contributed by atoms with Crippen molar-refractivity contribution in [1.29, 1.82) is 0 Å². The van der Waals surface area contributed by atoms with Crippen molar-refractivity contribution in [3.8, 4) is 0 Å². The number of amides is 8. The van der Waals surface area contributed by atoms with Crippen molar-refractivity contribution in [3.63, 3.8) is 0 Å². The Morgan fingerprint density at radius 3 is 1.06 bits per heavy atom. The number of carbonyl (C=O) groups is 14. The van der Waals surface area contributed by atoms with E-state index in [1.54, 1.807) is 0 Å². The van der Waals surface area contributed by atoms with Crippen molar-refractivity contribution in [2.24, 2.45) is 17.2 Å². The number of nitrogens with one attached hydrogen (secondary N) is 8. The van der Waals surface area contributed by atoms with Crippen molar-refractivity contribution in [2.45, 2.75) is 228 Å². The Balaban J connectivity index is 5.79. The maximum Gasteiger partial charge on any atom is 0.303 e. The van der Waals surface area contributed by atoms with Crippen LogP contribution in [-0.2, 0) is 76.6 Å². The summed E-state index contributed by atoms with van der Waals surface area (Å²) >= 11 is 0. The molecule has 8 amide bonds. The topological polar surface area (TPSA) is 573 Å². The number of hydrogen-bond acceptors (Lipinski definition) is 22. The van der Waals surface area contributed by atoms with E-state index in [-0.39, 0.29) is 83.8 Å². The molecular formula is C59H103N11O23. The number of aliphatic hydroxyl groups excluding tert-OH is 3. The third kappa shape index (κ3) is 41.8. The SMILES string of the molecule is NCCCC[C@H](NC(=O)[C@@H](N)CO)C(=O)N[C@@H](CCC(=O)O)C(=O)N[C@@H](CCC(=O)O)C(=O)N[C@@H](CO)C(=O)N[C@@H](CO)C(=O)N[C@@H](CCC(=O)O)C(=O)N[C@@H](CCCCN)C(=O)C(C=O)OCCOCCNC(=O)CCCCCCCCCCCCCCCC(=O)O. The third-order valence-corrected chi connectivity index (χ3v) is 14.5. The van der Waals surface area contributed by atoms with Gasteiger partial charge in [-0.2, -0.15) is 0 Å². The summed E-state index contributed by atoms with van der Waals surface area (Å²) in [5.41, 5.74) is 16.8. The minimum Gasteiger partial charge on any atom is -0.481 e. The van der Waals surface area contributed by atoms with Crippen molar-refractivity contribution in [3.05, 3.63) is 0 Å². The van der Waals surface area contributed by atoms with Crippen LogP contribution >= 0.6 is 0 Å². The van der Waals surface area contributed by atoms with Crippen LogP contribution in [0.1, 0.15) is 173 Å². The van der Waals surface area contributed by atoms with Gasteiger partial charge in [-0.25, -0.2) is 0 Å². The molecule has 0 aliphatic carbocycles. The fourth-order valence-corrected chi connectivity index (χ4v) is 9.11. The van der Waals surface area contributed by atoms with Gasteiger partial charge in [0, 0.05) is 38.6 Å². The zero-order valence-corrected chi connectivity index (χ0v) is 53.1. The molecule has 0 aliphatic heterocycles. The van der Waals surface area contributed by atoms with Gasteiger partial charge in [-0.3, -0.25) is 67.1 Å². The van der Waals surface area contributed by atoms with Crippen LogP contribution < -0.4 is 59.7 Å². The largest absolute Gasteiger partial charge is 0.481 e. The zero-order chi connectivity index (χ0) is 69.9. The molecule has 0 spiro atoms. The standard InChI is InChI=1S/C59H103N11O23/c60-28-16-14-18-39(52(84)46(37-74)93-33-32-92-31-30-63-47(75)20-12-10-8-6-4-2-1-3-5-7-9-11-13-21-48(76)77)64-55(87)41(22-25-49(78)79)68-58(90)44(35-72)70-59(91)45(36-73)69-57(89)43(24-27-51(82)83)67-56(88)42(23-26-50(80)81)66-54(86)40(19-15-17-29-61)65-53(85)38(62)34-71/h37-46,71-73H,1-36,60-62H2,(H,63,75)(H,64,87)(H,65,85)(H,66,86)(H,67,88)(H,68,90)(H,69,89)(H,70,91)(H,76,77)(H,78,79)(H,80,81)(H,82,83)/t38-,39-,40-,41-,42-,43-,44-,45-,46?/m0/s1. The number of unbranched alkanes of at least 4 members (excludes halogenated alkanes) is 14. The molecule has 0 saturated heterocycles. The van der Waals surface area contributed by atoms with Gasteiger partial charge in [0.1, 0.15) is 42.3 Å². The average molecular weight is 1330 g/mol. The third-order valence-electron chi connectivity index (χ3n) is 14.5. The van der Waals surface area contributed by atoms with E-state index in [9.17, 15) is 97.8 Å². The molecule has 0 heterocycles. The number of nitrogens with two attached hydrogens (primary N) is 3. The minimum atomic E-state index is -2.04. The lowest BCUT2D eigenvalue weighted by molar-refractivity contribution is -0.142. The number of carboxylic acid groups (broad SMARTS) is 4. The van der Waals surface area contributed by atoms with Crippen LogP contribution in [0.15, 0.2) is 0 Å². The van der Waals surface area contributed by atoms with E-state index in [2.05, 4.69) is 37.2 Å². The monoisotopic (exact) mass is 1330 g/mol. The normalized spacial score (nSPS) is 14.0. The van der Waals surface area contributed by atoms with E-state index >= 15 is 0 Å². The highest BCUT2D eigenvalue weighted by molar-refractivity contribution is 6.02. The maximum atomic E-state index is 13.8. The predicted octanol–water partition coefficient (Wildman–Crippen LogP) is -3.24. The molecule has 0 radical (unpaired) electrons. The van der Waals surface area contributed by atoms with E-state index in [0.717, 1.165) is 70.6 Å². The first-order chi connectivity index (χ1) is 44.4. The Labute approximate surface area is 540 Å². The molecule has 34 heteroatoms. The van der Waals surface area contributed by atoms with Gasteiger partial charge in [0.15, 0.2) is 18.2 Å². The smallest absolute Gasteiger partial charge is 0.303 e. The number of ether oxygens (including phenoxy) is 2. The molecule has 0 bridgehead atoms. The summed E-state index contributed by atoms with van der Waals surface area (Å²) in [6.07, 6.45) is 9.25. The van der Waals surface area contributed by atoms with Gasteiger partial charge in [0.25, 0.3) is 0 Å². The fraction of sp³-hybridized carbons (Fsp3) is 0.763. The molecule has 1 unspecified atom stereocenters. The van der Waals surface area contributed by atoms with E-state index in [0.29, 0.717) is 19.3 Å². The highest BCUT2D eigenvalue weighted by atomic mass is 16.5. The second-order valence-electron chi connectivity index (χ2n) is 22.2. The summed E-state index contributed by atoms with van der Waals surface area (Å²) in [7, 11) is 0. The Morgan fingerprint density at radius 1 is 0.366 bits per heavy atom. The summed E-state index contributed by atoms with van der Waals surface area (Å²) in [4.78, 5) is 178. The molecule has 9 atom stereocenters. The van der Waals surface area contributed by atoms with Crippen molar-refractivity contribution < 1.29 is 112 Å². The van der Waals surface area contributed by atoms with Gasteiger partial charge in [0.05, 0.1) is 45.7 Å². The van der Waals surface area contributed by atoms with E-state index in [1.165, 1.54) is 12.8 Å². The number of ketones is 1. The van der Waals surface area contributed by atoms with E-state index in [1.807, 2.05) is 5.32 Å². The molecule has 0 aromatic carbocycles. The molecule has 0 saturated carbocycles. The van der Waals surface area contributed by atoms with E-state index < -0.39 is 184 Å². The van der Waals surface area contributed by atoms with Crippen LogP contribution in [0.2, 0.25) is 0 Å². The number of hydrogen-bond donors (Lipinski definition) is 18. The van der Waals surface area contributed by atoms with Gasteiger partial charge >= 0.3 is 23.9 Å². The lowest BCUT2D eigenvalue weighted by Crippen LogP contribution is -2.61. The molecule has 93 heavy (non-hydrogen) atoms. The van der Waals surface area contributed by atoms with Crippen LogP contribution in [0.5, 0.6) is 0 Å². The number of aldehydes is 1. The number of aliphatic carboxylic acids is 4. The molecule has 0 fully saturated rings. The molecule has 0 aromatic rings. The number of Topliss-reactive ketones (excluding diaryl/α,β-unsaturated/α-hetero) is 1. The summed E-state index contributed by atoms with van der Waals surface area (Å²) in [5, 5.41) is 85.1. The Morgan fingerprint density at radius 2 is 0.699 bits per heavy atom. The molecule has 0 rings (SSSR count). The lowest BCUT2D eigenvalue weighted by atomic mass is 10.0. The quantitative estimate of drug-likeness (QED) is 0.0162. The highest BCUT2D eigenvalue weighted by Crippen LogP contribution is 2.15. The first-order valence-corrected chi connectivity index (χ1v) is 31.8. The fourth-order valence-electron chi connectivity index (χ4n) is 9.11. The number of rotatable bonds is 60. The zero-order valence-electron chi connectivity index (χ0n) is 53.1. The number of carboxylic acids is 4. The van der Waals surface area contributed by atoms with Crippen LogP contribution in [0.25, 0.3) is 0 Å². The van der Waals surface area contributed by atoms with Gasteiger partial charge in [-0.15, -0.1) is 0 Å². The van der Waals surface area contributed by atoms with Gasteiger partial charge in [0.2, 0.25) is 47.3 Å². The van der Waals surface area contributed by atoms with Crippen LogP contribution in [0.4, 0.5) is 0 Å². The van der Waals surface area contributed by atoms with Crippen LogP contribution in [0.3, 0.4) is 0 Å². The van der Waals surface area contributed by atoms with Gasteiger partial charge in [-0.05, 0) is 83.7 Å². The van der Waals surface area contributed by atoms with Gasteiger partial charge in [-0.1, -0.05) is 70.6 Å². The van der Waals surface area contributed by atoms with E-state index in [4.69, 9.17) is 31.8 Å². The highest BCUT2D eigenvalue weighted by Gasteiger charge is 2.36. The molecular weight excluding hydrogens is 1230 g/mol. The summed E-state index contributed by atoms with van der Waals surface area (Å²) in [6, 6.07) is -13.8. The van der Waals surface area contributed by atoms with Gasteiger partial charge < -0.3 is 105 Å². The van der Waals surface area contributed by atoms with Crippen molar-refractivity contribution in [1.82, 2.24) is 42.5 Å². The maximum absolute atomic E-state index is 13.8. The molecule has 0 aromatic heterocycles. The lowest BCUT2D eigenvalue weighted by Gasteiger charge is -2.27. The molecule has 21 N–H and O–H groups in total. The Kier molecular flexibility index (Phi) is 48.9. The molecule has 532 valence electrons. The first-order valence-electron chi connectivity index (χ1n) is 31.8. The Bertz CT molecular complexity index is 2300. The average Bonchev–Trinajstić information content (AvgIpc) is 1.06. The molecule has 0 aliphatic rings. The number of carbonyl (C=O) groups excluding carboxylic acids is 10. The van der Waals surface area contributed by atoms with Crippen molar-refractivity contribution >= 4 is 83.2 Å². The van der Waals surface area contributed by atoms with Crippen molar-refractivity contribution in [2.75, 3.05) is 59.3 Å². The minimum absolute atomic E-state index is 0.0639. The molecule has 34 nitrogen and oxygen atoms in total. The summed E-state index contributed by atoms with van der Waals surface area (Å²) in [5.74, 6) is -14.6. The second-order valence-corrected chi connectivity index (χ2v) is 22.2. The number of aliphatic hydroxyl groups is 3. The predicted molar refractivity (Wildman–Crippen MR) is 331 cm³/mol.